The number of nitrogens with one attached hydrogen (secondary N) is 1. The first kappa shape index (κ1) is 13.0. The van der Waals surface area contributed by atoms with Crippen molar-refractivity contribution in [3.63, 3.8) is 0 Å². The van der Waals surface area contributed by atoms with E-state index >= 15 is 0 Å². The maximum absolute atomic E-state index is 6.24. The Labute approximate surface area is 119 Å². The molecule has 0 bridgehead atoms. The van der Waals surface area contributed by atoms with Crippen LogP contribution in [0.4, 0.5) is 0 Å². The SMILES string of the molecule is Cc1c(Cl)ccc2c(CC3CCNCC3)cn(C)c12. The van der Waals surface area contributed by atoms with Crippen LogP contribution in [-0.2, 0) is 13.5 Å². The summed E-state index contributed by atoms with van der Waals surface area (Å²) in [6.07, 6.45) is 6.07. The molecule has 1 fully saturated rings. The van der Waals surface area contributed by atoms with Crippen LogP contribution < -0.4 is 5.32 Å². The second kappa shape index (κ2) is 5.18. The molecule has 0 saturated carbocycles. The normalized spacial score (nSPS) is 17.2. The average Bonchev–Trinajstić information content (AvgIpc) is 2.72. The van der Waals surface area contributed by atoms with Crippen molar-refractivity contribution in [1.82, 2.24) is 9.88 Å². The van der Waals surface area contributed by atoms with Gasteiger partial charge >= 0.3 is 0 Å². The van der Waals surface area contributed by atoms with Gasteiger partial charge in [-0.2, -0.15) is 0 Å². The summed E-state index contributed by atoms with van der Waals surface area (Å²) in [5.74, 6) is 0.822. The van der Waals surface area contributed by atoms with Crippen LogP contribution in [0.1, 0.15) is 24.0 Å². The van der Waals surface area contributed by atoms with Crippen molar-refractivity contribution in [3.8, 4) is 0 Å². The van der Waals surface area contributed by atoms with Crippen LogP contribution in [0, 0.1) is 12.8 Å². The lowest BCUT2D eigenvalue weighted by molar-refractivity contribution is 0.373. The van der Waals surface area contributed by atoms with Gasteiger partial charge < -0.3 is 9.88 Å². The van der Waals surface area contributed by atoms with E-state index in [0.717, 1.165) is 10.9 Å². The van der Waals surface area contributed by atoms with Crippen molar-refractivity contribution < 1.29 is 0 Å². The van der Waals surface area contributed by atoms with Gasteiger partial charge in [0, 0.05) is 23.7 Å². The smallest absolute Gasteiger partial charge is 0.0525 e. The molecule has 0 radical (unpaired) electrons. The lowest BCUT2D eigenvalue weighted by Crippen LogP contribution is -2.28. The van der Waals surface area contributed by atoms with Crippen molar-refractivity contribution in [2.45, 2.75) is 26.2 Å². The van der Waals surface area contributed by atoms with E-state index < -0.39 is 0 Å². The van der Waals surface area contributed by atoms with Gasteiger partial charge in [-0.15, -0.1) is 0 Å². The third-order valence-electron chi connectivity index (χ3n) is 4.38. The minimum Gasteiger partial charge on any atom is -0.350 e. The van der Waals surface area contributed by atoms with Crippen LogP contribution in [0.25, 0.3) is 10.9 Å². The van der Waals surface area contributed by atoms with E-state index in [4.69, 9.17) is 11.6 Å². The Morgan fingerprint density at radius 3 is 2.79 bits per heavy atom. The van der Waals surface area contributed by atoms with Gasteiger partial charge in [-0.05, 0) is 62.4 Å². The number of piperidine rings is 1. The quantitative estimate of drug-likeness (QED) is 0.885. The summed E-state index contributed by atoms with van der Waals surface area (Å²) in [7, 11) is 2.12. The Bertz CT molecular complexity index is 594. The van der Waals surface area contributed by atoms with Gasteiger partial charge in [0.15, 0.2) is 0 Å². The number of fused-ring (bicyclic) bond motifs is 1. The third kappa shape index (κ3) is 2.39. The molecule has 0 amide bonds. The number of hydrogen-bond acceptors (Lipinski definition) is 1. The maximum atomic E-state index is 6.24. The molecule has 1 saturated heterocycles. The number of aromatic nitrogens is 1. The van der Waals surface area contributed by atoms with Crippen LogP contribution in [-0.4, -0.2) is 17.7 Å². The highest BCUT2D eigenvalue weighted by molar-refractivity contribution is 6.32. The predicted molar refractivity (Wildman–Crippen MR) is 82.0 cm³/mol. The number of hydrogen-bond donors (Lipinski definition) is 1. The van der Waals surface area contributed by atoms with Crippen LogP contribution in [0.3, 0.4) is 0 Å². The summed E-state index contributed by atoms with van der Waals surface area (Å²) in [4.78, 5) is 0. The van der Waals surface area contributed by atoms with E-state index in [1.54, 1.807) is 0 Å². The summed E-state index contributed by atoms with van der Waals surface area (Å²) >= 11 is 6.24. The van der Waals surface area contributed by atoms with Gasteiger partial charge in [-0.3, -0.25) is 0 Å². The maximum Gasteiger partial charge on any atom is 0.0525 e. The monoisotopic (exact) mass is 276 g/mol. The zero-order valence-electron chi connectivity index (χ0n) is 11.7. The Hall–Kier alpha value is -0.990. The van der Waals surface area contributed by atoms with E-state index in [1.807, 2.05) is 6.07 Å². The van der Waals surface area contributed by atoms with Crippen molar-refractivity contribution in [2.24, 2.45) is 13.0 Å². The summed E-state index contributed by atoms with van der Waals surface area (Å²) in [5.41, 5.74) is 3.96. The number of rotatable bonds is 2. The van der Waals surface area contributed by atoms with Crippen molar-refractivity contribution >= 4 is 22.5 Å². The first-order chi connectivity index (χ1) is 9.16. The van der Waals surface area contributed by atoms with Crippen LogP contribution in [0.5, 0.6) is 0 Å². The summed E-state index contributed by atoms with van der Waals surface area (Å²) in [6, 6.07) is 4.21. The largest absolute Gasteiger partial charge is 0.350 e. The van der Waals surface area contributed by atoms with Gasteiger partial charge in [0.2, 0.25) is 0 Å². The van der Waals surface area contributed by atoms with Crippen LogP contribution >= 0.6 is 11.6 Å². The molecule has 0 spiro atoms. The number of benzene rings is 1. The van der Waals surface area contributed by atoms with Gasteiger partial charge in [-0.25, -0.2) is 0 Å². The molecule has 1 aromatic heterocycles. The summed E-state index contributed by atoms with van der Waals surface area (Å²) in [5, 5.41) is 5.68. The Morgan fingerprint density at radius 1 is 1.32 bits per heavy atom. The molecule has 2 nitrogen and oxygen atoms in total. The molecule has 0 aliphatic carbocycles. The molecular weight excluding hydrogens is 256 g/mol. The molecule has 2 aromatic rings. The van der Waals surface area contributed by atoms with E-state index in [0.29, 0.717) is 0 Å². The van der Waals surface area contributed by atoms with Crippen molar-refractivity contribution in [2.75, 3.05) is 13.1 Å². The second-order valence-electron chi connectivity index (χ2n) is 5.73. The number of aryl methyl sites for hydroxylation is 2. The first-order valence-electron chi connectivity index (χ1n) is 7.10. The summed E-state index contributed by atoms with van der Waals surface area (Å²) < 4.78 is 2.23. The zero-order chi connectivity index (χ0) is 13.4. The van der Waals surface area contributed by atoms with Crippen molar-refractivity contribution in [3.05, 3.63) is 34.5 Å². The minimum absolute atomic E-state index is 0.822. The molecule has 102 valence electrons. The standard InChI is InChI=1S/C16H21ClN2/c1-11-15(17)4-3-14-13(10-19(2)16(11)14)9-12-5-7-18-8-6-12/h3-4,10,12,18H,5-9H2,1-2H3. The Balaban J connectivity index is 1.98. The molecule has 3 rings (SSSR count). The van der Waals surface area contributed by atoms with Crippen molar-refractivity contribution in [1.29, 1.82) is 0 Å². The number of nitrogens with zero attached hydrogens (tertiary/aromatic N) is 1. The minimum atomic E-state index is 0.822. The number of halogens is 1. The predicted octanol–water partition coefficient (Wildman–Crippen LogP) is 3.68. The molecule has 1 aliphatic heterocycles. The second-order valence-corrected chi connectivity index (χ2v) is 6.14. The Kier molecular flexibility index (Phi) is 3.55. The van der Waals surface area contributed by atoms with Gasteiger partial charge in [0.05, 0.1) is 5.52 Å². The van der Waals surface area contributed by atoms with E-state index in [1.165, 1.54) is 54.4 Å². The molecule has 1 aliphatic rings. The molecule has 0 unspecified atom stereocenters. The fourth-order valence-corrected chi connectivity index (χ4v) is 3.47. The Morgan fingerprint density at radius 2 is 2.05 bits per heavy atom. The topological polar surface area (TPSA) is 17.0 Å². The molecule has 0 atom stereocenters. The average molecular weight is 277 g/mol. The van der Waals surface area contributed by atoms with Crippen LogP contribution in [0.15, 0.2) is 18.3 Å². The lowest BCUT2D eigenvalue weighted by Gasteiger charge is -2.22. The lowest BCUT2D eigenvalue weighted by atomic mass is 9.91. The zero-order valence-corrected chi connectivity index (χ0v) is 12.4. The van der Waals surface area contributed by atoms with E-state index in [9.17, 15) is 0 Å². The van der Waals surface area contributed by atoms with E-state index in [2.05, 4.69) is 36.1 Å². The molecular formula is C16H21ClN2. The highest BCUT2D eigenvalue weighted by Crippen LogP contribution is 2.31. The fourth-order valence-electron chi connectivity index (χ4n) is 3.32. The van der Waals surface area contributed by atoms with Gasteiger partial charge in [-0.1, -0.05) is 17.7 Å². The molecule has 19 heavy (non-hydrogen) atoms. The molecule has 3 heteroatoms. The molecule has 1 N–H and O–H groups in total. The van der Waals surface area contributed by atoms with Crippen LogP contribution in [0.2, 0.25) is 5.02 Å². The fraction of sp³-hybridized carbons (Fsp3) is 0.500. The van der Waals surface area contributed by atoms with Gasteiger partial charge in [0.1, 0.15) is 0 Å². The highest BCUT2D eigenvalue weighted by Gasteiger charge is 2.17. The first-order valence-corrected chi connectivity index (χ1v) is 7.48. The highest BCUT2D eigenvalue weighted by atomic mass is 35.5. The third-order valence-corrected chi connectivity index (χ3v) is 4.79. The molecule has 2 heterocycles. The van der Waals surface area contributed by atoms with E-state index in [-0.39, 0.29) is 0 Å². The van der Waals surface area contributed by atoms with Gasteiger partial charge in [0.25, 0.3) is 0 Å². The molecule has 1 aromatic carbocycles. The summed E-state index contributed by atoms with van der Waals surface area (Å²) in [6.45, 7) is 4.44.